The molecule has 3 atom stereocenters. The van der Waals surface area contributed by atoms with E-state index in [4.69, 9.17) is 0 Å². The predicted octanol–water partition coefficient (Wildman–Crippen LogP) is 4.61. The van der Waals surface area contributed by atoms with Crippen LogP contribution in [0.4, 0.5) is 0 Å². The lowest BCUT2D eigenvalue weighted by atomic mass is 9.99. The summed E-state index contributed by atoms with van der Waals surface area (Å²) >= 11 is 1.86. The van der Waals surface area contributed by atoms with Crippen molar-refractivity contribution in [1.29, 1.82) is 0 Å². The molecule has 1 nitrogen and oxygen atoms in total. The Hall–Kier alpha value is -0.340. The summed E-state index contributed by atoms with van der Waals surface area (Å²) in [6.07, 6.45) is 3.73. The quantitative estimate of drug-likeness (QED) is 0.732. The van der Waals surface area contributed by atoms with Gasteiger partial charge in [0.15, 0.2) is 0 Å². The van der Waals surface area contributed by atoms with Gasteiger partial charge in [0.05, 0.1) is 0 Å². The summed E-state index contributed by atoms with van der Waals surface area (Å²) in [5.41, 5.74) is 0. The van der Waals surface area contributed by atoms with Crippen LogP contribution in [0.3, 0.4) is 0 Å². The number of nitrogens with one attached hydrogen (secondary N) is 1. The highest BCUT2D eigenvalue weighted by molar-refractivity contribution is 7.10. The van der Waals surface area contributed by atoms with Crippen molar-refractivity contribution < 1.29 is 0 Å². The van der Waals surface area contributed by atoms with E-state index >= 15 is 0 Å². The minimum atomic E-state index is 0.541. The maximum absolute atomic E-state index is 3.74. The Balaban J connectivity index is 2.44. The molecule has 1 aromatic rings. The number of hydrogen-bond acceptors (Lipinski definition) is 2. The summed E-state index contributed by atoms with van der Waals surface area (Å²) in [6, 6.07) is 5.53. The topological polar surface area (TPSA) is 12.0 Å². The zero-order valence-electron chi connectivity index (χ0n) is 11.0. The van der Waals surface area contributed by atoms with Gasteiger partial charge in [0.1, 0.15) is 0 Å². The molecule has 0 saturated heterocycles. The minimum Gasteiger partial charge on any atom is -0.307 e. The van der Waals surface area contributed by atoms with Gasteiger partial charge in [-0.3, -0.25) is 0 Å². The van der Waals surface area contributed by atoms with E-state index in [2.05, 4.69) is 50.5 Å². The Morgan fingerprint density at radius 3 is 2.50 bits per heavy atom. The molecule has 0 saturated carbocycles. The molecule has 1 heterocycles. The van der Waals surface area contributed by atoms with Crippen molar-refractivity contribution >= 4 is 11.3 Å². The van der Waals surface area contributed by atoms with Crippen LogP contribution in [0.1, 0.15) is 57.9 Å². The van der Waals surface area contributed by atoms with Crippen LogP contribution in [0.15, 0.2) is 17.5 Å². The van der Waals surface area contributed by atoms with Crippen LogP contribution in [0.5, 0.6) is 0 Å². The normalized spacial score (nSPS) is 17.0. The Morgan fingerprint density at radius 1 is 1.25 bits per heavy atom. The first-order chi connectivity index (χ1) is 7.67. The summed E-state index contributed by atoms with van der Waals surface area (Å²) < 4.78 is 0. The summed E-state index contributed by atoms with van der Waals surface area (Å²) in [4.78, 5) is 1.47. The van der Waals surface area contributed by atoms with E-state index in [9.17, 15) is 0 Å². The highest BCUT2D eigenvalue weighted by Gasteiger charge is 2.14. The van der Waals surface area contributed by atoms with E-state index in [1.54, 1.807) is 0 Å². The van der Waals surface area contributed by atoms with Gasteiger partial charge in [-0.25, -0.2) is 0 Å². The molecule has 0 aliphatic rings. The smallest absolute Gasteiger partial charge is 0.0414 e. The lowest BCUT2D eigenvalue weighted by molar-refractivity contribution is 0.373. The molecule has 1 aromatic heterocycles. The third-order valence-corrected chi connectivity index (χ3v) is 4.22. The molecule has 0 spiro atoms. The third-order valence-electron chi connectivity index (χ3n) is 3.23. The average molecular weight is 239 g/mol. The molecule has 2 heteroatoms. The monoisotopic (exact) mass is 239 g/mol. The van der Waals surface area contributed by atoms with Crippen LogP contribution >= 0.6 is 11.3 Å². The van der Waals surface area contributed by atoms with Gasteiger partial charge in [-0.2, -0.15) is 0 Å². The van der Waals surface area contributed by atoms with Crippen molar-refractivity contribution in [3.63, 3.8) is 0 Å². The maximum atomic E-state index is 3.74. The fourth-order valence-corrected chi connectivity index (χ4v) is 2.94. The van der Waals surface area contributed by atoms with Gasteiger partial charge < -0.3 is 5.32 Å². The van der Waals surface area contributed by atoms with Crippen LogP contribution in [0, 0.1) is 5.92 Å². The first-order valence-electron chi connectivity index (χ1n) is 6.46. The highest BCUT2D eigenvalue weighted by Crippen LogP contribution is 2.23. The zero-order chi connectivity index (χ0) is 12.0. The summed E-state index contributed by atoms with van der Waals surface area (Å²) in [7, 11) is 0. The van der Waals surface area contributed by atoms with E-state index in [0.29, 0.717) is 12.1 Å². The van der Waals surface area contributed by atoms with Gasteiger partial charge in [0.2, 0.25) is 0 Å². The highest BCUT2D eigenvalue weighted by atomic mass is 32.1. The van der Waals surface area contributed by atoms with Crippen molar-refractivity contribution in [2.75, 3.05) is 0 Å². The Kier molecular flexibility index (Phi) is 6.07. The van der Waals surface area contributed by atoms with Crippen LogP contribution < -0.4 is 5.32 Å². The number of hydrogen-bond donors (Lipinski definition) is 1. The Labute approximate surface area is 104 Å². The minimum absolute atomic E-state index is 0.541. The van der Waals surface area contributed by atoms with E-state index in [1.165, 1.54) is 24.1 Å². The molecule has 1 N–H and O–H groups in total. The molecule has 0 fully saturated rings. The van der Waals surface area contributed by atoms with Gasteiger partial charge in [-0.05, 0) is 37.1 Å². The standard InChI is InChI=1S/C14H25NS/c1-5-11(3)10-12(4)15-13(6-2)14-8-7-9-16-14/h7-9,11-13,15H,5-6,10H2,1-4H3. The summed E-state index contributed by atoms with van der Waals surface area (Å²) in [6.45, 7) is 9.17. The Morgan fingerprint density at radius 2 is 2.00 bits per heavy atom. The predicted molar refractivity (Wildman–Crippen MR) is 74.0 cm³/mol. The summed E-state index contributed by atoms with van der Waals surface area (Å²) in [5.74, 6) is 0.823. The van der Waals surface area contributed by atoms with Crippen molar-refractivity contribution in [3.8, 4) is 0 Å². The maximum Gasteiger partial charge on any atom is 0.0414 e. The molecule has 0 aliphatic heterocycles. The zero-order valence-corrected chi connectivity index (χ0v) is 11.8. The number of rotatable bonds is 7. The molecule has 0 amide bonds. The molecule has 0 aromatic carbocycles. The fourth-order valence-electron chi connectivity index (χ4n) is 2.07. The SMILES string of the molecule is CCC(C)CC(C)NC(CC)c1cccs1. The first-order valence-corrected chi connectivity index (χ1v) is 7.34. The molecule has 0 radical (unpaired) electrons. The van der Waals surface area contributed by atoms with Crippen molar-refractivity contribution in [2.45, 2.75) is 59.0 Å². The largest absolute Gasteiger partial charge is 0.307 e. The van der Waals surface area contributed by atoms with Gasteiger partial charge in [-0.1, -0.05) is 33.3 Å². The van der Waals surface area contributed by atoms with Crippen molar-refractivity contribution in [1.82, 2.24) is 5.32 Å². The van der Waals surface area contributed by atoms with E-state index in [1.807, 2.05) is 11.3 Å². The molecule has 0 aliphatic carbocycles. The van der Waals surface area contributed by atoms with E-state index < -0.39 is 0 Å². The molecule has 1 rings (SSSR count). The number of thiophene rings is 1. The third kappa shape index (κ3) is 4.26. The summed E-state index contributed by atoms with van der Waals surface area (Å²) in [5, 5.41) is 5.91. The molecule has 16 heavy (non-hydrogen) atoms. The van der Waals surface area contributed by atoms with Crippen LogP contribution in [-0.4, -0.2) is 6.04 Å². The molecule has 0 bridgehead atoms. The molecular weight excluding hydrogens is 214 g/mol. The van der Waals surface area contributed by atoms with E-state index in [0.717, 1.165) is 5.92 Å². The lowest BCUT2D eigenvalue weighted by Gasteiger charge is -2.23. The van der Waals surface area contributed by atoms with Gasteiger partial charge in [0, 0.05) is 17.0 Å². The van der Waals surface area contributed by atoms with Gasteiger partial charge in [0.25, 0.3) is 0 Å². The van der Waals surface area contributed by atoms with Gasteiger partial charge in [-0.15, -0.1) is 11.3 Å². The fraction of sp³-hybridized carbons (Fsp3) is 0.714. The van der Waals surface area contributed by atoms with E-state index in [-0.39, 0.29) is 0 Å². The lowest BCUT2D eigenvalue weighted by Crippen LogP contribution is -2.31. The first kappa shape index (κ1) is 13.7. The second-order valence-electron chi connectivity index (χ2n) is 4.79. The second-order valence-corrected chi connectivity index (χ2v) is 5.77. The molecule has 3 unspecified atom stereocenters. The van der Waals surface area contributed by atoms with Crippen molar-refractivity contribution in [2.24, 2.45) is 5.92 Å². The molecule has 92 valence electrons. The molecular formula is C14H25NS. The second kappa shape index (κ2) is 7.08. The van der Waals surface area contributed by atoms with Crippen LogP contribution in [0.2, 0.25) is 0 Å². The van der Waals surface area contributed by atoms with Crippen LogP contribution in [0.25, 0.3) is 0 Å². The average Bonchev–Trinajstić information content (AvgIpc) is 2.79. The Bertz CT molecular complexity index is 268. The van der Waals surface area contributed by atoms with Gasteiger partial charge >= 0.3 is 0 Å². The van der Waals surface area contributed by atoms with Crippen molar-refractivity contribution in [3.05, 3.63) is 22.4 Å². The van der Waals surface area contributed by atoms with Crippen LogP contribution in [-0.2, 0) is 0 Å².